The Morgan fingerprint density at radius 3 is 1.92 bits per heavy atom. The van der Waals surface area contributed by atoms with Crippen molar-refractivity contribution in [2.75, 3.05) is 13.2 Å². The van der Waals surface area contributed by atoms with Crippen LogP contribution in [0, 0.1) is 50.2 Å². The summed E-state index contributed by atoms with van der Waals surface area (Å²) >= 11 is 0. The molecule has 0 aromatic carbocycles. The molecule has 9 N–H and O–H groups in total. The fraction of sp³-hybridized carbons (Fsp3) is 0.936. The SMILES string of the molecule is C[C@@H]1O[C@@H](O[C@H]2[C@H](O[C@H]3CC[C@]4(C)[C@H]5CC=C6[C@@H]7CC(C)(C)CC[C@]7(C(=O)O)CC[C@@]6(C)[C@]5(C)CC[C@H]4C3(C)C)O[C@@H](CO)[C@@H]2O[C@@H]2O[C@H](CO)[C@@H](O)[C@H](O)[C@H]2O)[C@H](O)[C@H](O)[C@H]1O. The zero-order valence-electron chi connectivity index (χ0n) is 38.3. The number of carbonyl (C=O) groups is 1. The van der Waals surface area contributed by atoms with Gasteiger partial charge in [-0.1, -0.05) is 60.1 Å². The van der Waals surface area contributed by atoms with Gasteiger partial charge < -0.3 is 74.4 Å². The largest absolute Gasteiger partial charge is 0.481 e. The Bertz CT molecular complexity index is 1720. The van der Waals surface area contributed by atoms with Crippen LogP contribution in [0.1, 0.15) is 120 Å². The maximum absolute atomic E-state index is 13.1. The molecule has 5 aliphatic carbocycles. The summed E-state index contributed by atoms with van der Waals surface area (Å²) < 4.78 is 37.4. The van der Waals surface area contributed by atoms with E-state index in [0.717, 1.165) is 51.4 Å². The molecule has 8 rings (SSSR count). The molecule has 360 valence electrons. The smallest absolute Gasteiger partial charge is 0.310 e. The molecular formula is C47H76O16. The highest BCUT2D eigenvalue weighted by molar-refractivity contribution is 5.76. The first-order valence-corrected chi connectivity index (χ1v) is 23.6. The molecule has 0 amide bonds. The number of aliphatic hydroxyl groups is 8. The first-order valence-electron chi connectivity index (χ1n) is 23.6. The molecule has 3 saturated heterocycles. The van der Waals surface area contributed by atoms with Gasteiger partial charge in [-0.05, 0) is 116 Å². The average Bonchev–Trinajstić information content (AvgIpc) is 3.54. The predicted molar refractivity (Wildman–Crippen MR) is 223 cm³/mol. The Labute approximate surface area is 371 Å². The molecule has 0 aromatic rings. The van der Waals surface area contributed by atoms with Gasteiger partial charge in [-0.2, -0.15) is 0 Å². The summed E-state index contributed by atoms with van der Waals surface area (Å²) in [7, 11) is 0. The quantitative estimate of drug-likeness (QED) is 0.151. The highest BCUT2D eigenvalue weighted by atomic mass is 16.8. The molecule has 22 atom stereocenters. The monoisotopic (exact) mass is 897 g/mol. The maximum Gasteiger partial charge on any atom is 0.310 e. The van der Waals surface area contributed by atoms with Crippen molar-refractivity contribution in [2.45, 2.75) is 212 Å². The summed E-state index contributed by atoms with van der Waals surface area (Å²) in [4.78, 5) is 13.1. The Morgan fingerprint density at radius 1 is 0.667 bits per heavy atom. The number of aliphatic hydroxyl groups excluding tert-OH is 8. The molecule has 3 aliphatic heterocycles. The van der Waals surface area contributed by atoms with Gasteiger partial charge in [-0.15, -0.1) is 0 Å². The van der Waals surface area contributed by atoms with Gasteiger partial charge in [0.15, 0.2) is 18.9 Å². The van der Waals surface area contributed by atoms with Crippen molar-refractivity contribution in [1.82, 2.24) is 0 Å². The highest BCUT2D eigenvalue weighted by Crippen LogP contribution is 2.76. The topological polar surface area (TPSA) is 255 Å². The first kappa shape index (κ1) is 48.1. The number of hydrogen-bond acceptors (Lipinski definition) is 15. The molecule has 8 aliphatic rings. The molecule has 0 radical (unpaired) electrons. The summed E-state index contributed by atoms with van der Waals surface area (Å²) in [6, 6.07) is 0. The van der Waals surface area contributed by atoms with Crippen LogP contribution in [0.4, 0.5) is 0 Å². The van der Waals surface area contributed by atoms with Crippen LogP contribution in [0.25, 0.3) is 0 Å². The molecule has 16 heteroatoms. The van der Waals surface area contributed by atoms with Gasteiger partial charge >= 0.3 is 5.97 Å². The lowest BCUT2D eigenvalue weighted by atomic mass is 9.33. The maximum atomic E-state index is 13.1. The fourth-order valence-corrected chi connectivity index (χ4v) is 14.9. The number of aliphatic carboxylic acids is 1. The fourth-order valence-electron chi connectivity index (χ4n) is 14.9. The third-order valence-electron chi connectivity index (χ3n) is 19.0. The van der Waals surface area contributed by atoms with Gasteiger partial charge in [0.1, 0.15) is 61.0 Å². The van der Waals surface area contributed by atoms with Crippen molar-refractivity contribution in [1.29, 1.82) is 0 Å². The normalized spacial score (nSPS) is 53.9. The van der Waals surface area contributed by atoms with E-state index >= 15 is 0 Å². The predicted octanol–water partition coefficient (Wildman–Crippen LogP) is 2.37. The van der Waals surface area contributed by atoms with Gasteiger partial charge in [0.05, 0.1) is 30.8 Å². The number of allylic oxidation sites excluding steroid dienone is 2. The number of hydrogen-bond donors (Lipinski definition) is 9. The Hall–Kier alpha value is -1.35. The number of ether oxygens (including phenoxy) is 6. The van der Waals surface area contributed by atoms with Crippen LogP contribution < -0.4 is 0 Å². The van der Waals surface area contributed by atoms with Gasteiger partial charge in [-0.3, -0.25) is 4.79 Å². The minimum Gasteiger partial charge on any atom is -0.481 e. The van der Waals surface area contributed by atoms with E-state index in [-0.39, 0.29) is 33.5 Å². The number of carboxylic acid groups (broad SMARTS) is 1. The standard InChI is InChI=1S/C47H76O16/c1-22-30(50)32(52)34(54)38(58-22)63-37-36(62-39-35(55)33(53)31(51)25(20-48)59-39)26(21-49)60-40(37)61-29-12-13-44(6)27(43(29,4)5)11-14-46(8)28(44)10-9-23-24-19-42(2,3)15-17-47(24,41(56)57)18-16-45(23,46)7/h9,22,24-40,48-55H,10-21H2,1-8H3,(H,56,57)/t22-,24-,25+,26-,27-,28+,29-,30-,31+,32+,33-,34+,35+,36-,37+,38-,39-,40-,44-,45+,46+,47-/m0/s1. The highest BCUT2D eigenvalue weighted by Gasteiger charge is 2.70. The zero-order valence-corrected chi connectivity index (χ0v) is 38.3. The van der Waals surface area contributed by atoms with Crippen LogP contribution >= 0.6 is 0 Å². The third kappa shape index (κ3) is 7.42. The lowest BCUT2D eigenvalue weighted by molar-refractivity contribution is -0.344. The summed E-state index contributed by atoms with van der Waals surface area (Å²) in [6.07, 6.45) is -9.79. The molecule has 7 fully saturated rings. The summed E-state index contributed by atoms with van der Waals surface area (Å²) in [6.45, 7) is 16.6. The first-order chi connectivity index (χ1) is 29.4. The van der Waals surface area contributed by atoms with Crippen LogP contribution in [-0.2, 0) is 33.2 Å². The third-order valence-corrected chi connectivity index (χ3v) is 19.0. The molecular weight excluding hydrogens is 821 g/mol. The van der Waals surface area contributed by atoms with E-state index in [1.54, 1.807) is 0 Å². The molecule has 0 spiro atoms. The molecule has 63 heavy (non-hydrogen) atoms. The molecule has 0 aromatic heterocycles. The van der Waals surface area contributed by atoms with Crippen molar-refractivity contribution in [3.8, 4) is 0 Å². The Balaban J connectivity index is 1.07. The van der Waals surface area contributed by atoms with E-state index in [1.165, 1.54) is 12.5 Å². The van der Waals surface area contributed by atoms with Gasteiger partial charge in [0, 0.05) is 0 Å². The second kappa shape index (κ2) is 16.7. The van der Waals surface area contributed by atoms with Crippen LogP contribution in [0.3, 0.4) is 0 Å². The van der Waals surface area contributed by atoms with Crippen molar-refractivity contribution < 1.29 is 79.2 Å². The molecule has 4 saturated carbocycles. The molecule has 0 bridgehead atoms. The second-order valence-corrected chi connectivity index (χ2v) is 23.0. The lowest BCUT2D eigenvalue weighted by Crippen LogP contribution is -2.65. The van der Waals surface area contributed by atoms with Gasteiger partial charge in [0.2, 0.25) is 0 Å². The van der Waals surface area contributed by atoms with Crippen molar-refractivity contribution in [3.63, 3.8) is 0 Å². The number of carboxylic acids is 1. The van der Waals surface area contributed by atoms with Crippen molar-refractivity contribution in [2.24, 2.45) is 50.2 Å². The van der Waals surface area contributed by atoms with E-state index in [9.17, 15) is 50.8 Å². The van der Waals surface area contributed by atoms with Crippen LogP contribution in [0.2, 0.25) is 0 Å². The summed E-state index contributed by atoms with van der Waals surface area (Å²) in [5.41, 5.74) is 0.0548. The van der Waals surface area contributed by atoms with Crippen molar-refractivity contribution >= 4 is 5.97 Å². The van der Waals surface area contributed by atoms with Crippen LogP contribution in [0.5, 0.6) is 0 Å². The summed E-state index contributed by atoms with van der Waals surface area (Å²) in [5.74, 6) is -0.0595. The van der Waals surface area contributed by atoms with E-state index in [2.05, 4.69) is 54.5 Å². The van der Waals surface area contributed by atoms with Crippen molar-refractivity contribution in [3.05, 3.63) is 11.6 Å². The zero-order chi connectivity index (χ0) is 46.0. The minimum absolute atomic E-state index is 0.0240. The Morgan fingerprint density at radius 2 is 1.27 bits per heavy atom. The average molecular weight is 897 g/mol. The van der Waals surface area contributed by atoms with E-state index in [4.69, 9.17) is 28.4 Å². The molecule has 0 unspecified atom stereocenters. The molecule has 3 heterocycles. The summed E-state index contributed by atoms with van der Waals surface area (Å²) in [5, 5.41) is 95.4. The van der Waals surface area contributed by atoms with Crippen LogP contribution in [0.15, 0.2) is 11.6 Å². The van der Waals surface area contributed by atoms with E-state index < -0.39 is 122 Å². The number of rotatable bonds is 9. The van der Waals surface area contributed by atoms with E-state index in [1.807, 2.05) is 0 Å². The Kier molecular flexibility index (Phi) is 12.8. The van der Waals surface area contributed by atoms with E-state index in [0.29, 0.717) is 18.8 Å². The lowest BCUT2D eigenvalue weighted by Gasteiger charge is -2.71. The number of fused-ring (bicyclic) bond motifs is 7. The van der Waals surface area contributed by atoms with Gasteiger partial charge in [-0.25, -0.2) is 0 Å². The van der Waals surface area contributed by atoms with Gasteiger partial charge in [0.25, 0.3) is 0 Å². The van der Waals surface area contributed by atoms with Crippen LogP contribution in [-0.4, -0.2) is 157 Å². The second-order valence-electron chi connectivity index (χ2n) is 23.0. The minimum atomic E-state index is -1.78. The molecule has 16 nitrogen and oxygen atoms in total.